The van der Waals surface area contributed by atoms with Gasteiger partial charge in [0.05, 0.1) is 0 Å². The van der Waals surface area contributed by atoms with Crippen LogP contribution in [0.4, 0.5) is 0 Å². The van der Waals surface area contributed by atoms with Gasteiger partial charge in [-0.1, -0.05) is 25.8 Å². The minimum Gasteiger partial charge on any atom is -0.481 e. The topological polar surface area (TPSA) is 54.4 Å². The largest absolute Gasteiger partial charge is 0.481 e. The molecule has 0 aliphatic heterocycles. The van der Waals surface area contributed by atoms with E-state index in [1.807, 2.05) is 6.08 Å². The Balaban J connectivity index is 1.58. The fourth-order valence-electron chi connectivity index (χ4n) is 7.49. The highest BCUT2D eigenvalue weighted by Gasteiger charge is 2.57. The Bertz CT molecular complexity index is 636. The van der Waals surface area contributed by atoms with Crippen LogP contribution in [0, 0.1) is 40.9 Å². The monoisotopic (exact) mass is 372 g/mol. The van der Waals surface area contributed by atoms with Crippen molar-refractivity contribution in [2.45, 2.75) is 84.5 Å². The van der Waals surface area contributed by atoms with Crippen LogP contribution in [0.5, 0.6) is 0 Å². The number of aliphatic carboxylic acids is 1. The third kappa shape index (κ3) is 3.51. The summed E-state index contributed by atoms with van der Waals surface area (Å²) in [7, 11) is 0. The minimum absolute atomic E-state index is 0.320. The number of hydrogen-bond acceptors (Lipinski definition) is 2. The lowest BCUT2D eigenvalue weighted by molar-refractivity contribution is -0.137. The normalized spacial score (nSPS) is 43.5. The van der Waals surface area contributed by atoms with E-state index in [0.29, 0.717) is 23.5 Å². The van der Waals surface area contributed by atoms with Crippen molar-refractivity contribution in [2.75, 3.05) is 0 Å². The Morgan fingerprint density at radius 3 is 2.63 bits per heavy atom. The van der Waals surface area contributed by atoms with Crippen molar-refractivity contribution in [1.29, 1.82) is 0 Å². The van der Waals surface area contributed by atoms with E-state index in [4.69, 9.17) is 5.11 Å². The third-order valence-corrected chi connectivity index (χ3v) is 8.90. The van der Waals surface area contributed by atoms with E-state index in [9.17, 15) is 9.59 Å². The summed E-state index contributed by atoms with van der Waals surface area (Å²) in [5.74, 6) is 4.42. The number of carbonyl (C=O) groups excluding carboxylic acids is 1. The van der Waals surface area contributed by atoms with Gasteiger partial charge in [-0.2, -0.15) is 0 Å². The molecular formula is C24H36O3. The van der Waals surface area contributed by atoms with Crippen molar-refractivity contribution in [3.63, 3.8) is 0 Å². The molecule has 0 spiro atoms. The van der Waals surface area contributed by atoms with E-state index in [-0.39, 0.29) is 0 Å². The second kappa shape index (κ2) is 7.37. The number of fused-ring (bicyclic) bond motifs is 3. The Hall–Kier alpha value is -1.12. The van der Waals surface area contributed by atoms with Crippen LogP contribution in [-0.2, 0) is 9.59 Å². The van der Waals surface area contributed by atoms with Crippen LogP contribution < -0.4 is 0 Å². The Kier molecular flexibility index (Phi) is 5.24. The Labute approximate surface area is 164 Å². The number of rotatable bonds is 6. The molecule has 4 aliphatic rings. The molecule has 0 aromatic rings. The number of hydrogen-bond donors (Lipinski definition) is 1. The maximum atomic E-state index is 11.9. The van der Waals surface area contributed by atoms with Gasteiger partial charge in [0.2, 0.25) is 0 Å². The molecule has 150 valence electrons. The van der Waals surface area contributed by atoms with Gasteiger partial charge < -0.3 is 5.11 Å². The highest BCUT2D eigenvalue weighted by molar-refractivity contribution is 5.91. The molecule has 4 rings (SSSR count). The van der Waals surface area contributed by atoms with Crippen LogP contribution in [0.3, 0.4) is 0 Å². The van der Waals surface area contributed by atoms with E-state index in [2.05, 4.69) is 13.8 Å². The number of carboxylic acids is 1. The lowest BCUT2D eigenvalue weighted by Crippen LogP contribution is -2.49. The zero-order chi connectivity index (χ0) is 19.2. The minimum atomic E-state index is -0.648. The molecule has 0 heterocycles. The van der Waals surface area contributed by atoms with Gasteiger partial charge in [-0.25, -0.2) is 0 Å². The molecule has 3 heteroatoms. The fraction of sp³-hybridized carbons (Fsp3) is 0.833. The Morgan fingerprint density at radius 1 is 1.19 bits per heavy atom. The smallest absolute Gasteiger partial charge is 0.303 e. The van der Waals surface area contributed by atoms with Gasteiger partial charge in [-0.3, -0.25) is 9.59 Å². The molecule has 4 aliphatic carbocycles. The maximum absolute atomic E-state index is 11.9. The molecule has 0 aromatic heterocycles. The molecule has 0 aromatic carbocycles. The van der Waals surface area contributed by atoms with Gasteiger partial charge in [0.1, 0.15) is 0 Å². The van der Waals surface area contributed by atoms with Gasteiger partial charge in [0, 0.05) is 12.8 Å². The van der Waals surface area contributed by atoms with E-state index < -0.39 is 5.97 Å². The zero-order valence-electron chi connectivity index (χ0n) is 17.1. The van der Waals surface area contributed by atoms with Crippen LogP contribution in [0.2, 0.25) is 0 Å². The molecule has 0 amide bonds. The van der Waals surface area contributed by atoms with Crippen LogP contribution in [0.1, 0.15) is 84.5 Å². The molecule has 0 bridgehead atoms. The van der Waals surface area contributed by atoms with Gasteiger partial charge >= 0.3 is 5.97 Å². The quantitative estimate of drug-likeness (QED) is 0.657. The van der Waals surface area contributed by atoms with E-state index >= 15 is 0 Å². The molecule has 7 atom stereocenters. The number of ketones is 1. The first-order chi connectivity index (χ1) is 12.9. The SMILES string of the molecule is CCC1(CCCC(=O)O)CC[C@H]2[C@@H](CCC3=CC(=O)CC[C@@H]32)[C@@H]1[C@@H]1C[C@@H]1C. The predicted octanol–water partition coefficient (Wildman–Crippen LogP) is 5.64. The van der Waals surface area contributed by atoms with Crippen molar-refractivity contribution in [3.05, 3.63) is 11.6 Å². The van der Waals surface area contributed by atoms with Crippen molar-refractivity contribution < 1.29 is 14.7 Å². The average molecular weight is 373 g/mol. The van der Waals surface area contributed by atoms with Crippen molar-refractivity contribution in [2.24, 2.45) is 40.9 Å². The maximum Gasteiger partial charge on any atom is 0.303 e. The fourth-order valence-corrected chi connectivity index (χ4v) is 7.49. The average Bonchev–Trinajstić information content (AvgIpc) is 3.36. The summed E-state index contributed by atoms with van der Waals surface area (Å²) in [5, 5.41) is 9.13. The third-order valence-electron chi connectivity index (χ3n) is 8.90. The van der Waals surface area contributed by atoms with Crippen LogP contribution >= 0.6 is 0 Å². The molecule has 3 nitrogen and oxygen atoms in total. The van der Waals surface area contributed by atoms with Crippen LogP contribution in [0.15, 0.2) is 11.6 Å². The molecule has 3 saturated carbocycles. The first kappa shape index (κ1) is 19.2. The molecule has 0 radical (unpaired) electrons. The highest BCUT2D eigenvalue weighted by atomic mass is 16.4. The van der Waals surface area contributed by atoms with Gasteiger partial charge in [0.25, 0.3) is 0 Å². The summed E-state index contributed by atoms with van der Waals surface area (Å²) in [4.78, 5) is 23.0. The predicted molar refractivity (Wildman–Crippen MR) is 106 cm³/mol. The lowest BCUT2D eigenvalue weighted by Gasteiger charge is -2.56. The molecule has 1 N–H and O–H groups in total. The molecule has 27 heavy (non-hydrogen) atoms. The second-order valence-electron chi connectivity index (χ2n) is 10.1. The summed E-state index contributed by atoms with van der Waals surface area (Å²) in [6, 6.07) is 0. The van der Waals surface area contributed by atoms with Crippen molar-refractivity contribution in [3.8, 4) is 0 Å². The van der Waals surface area contributed by atoms with Crippen molar-refractivity contribution >= 4 is 11.8 Å². The number of carboxylic acid groups (broad SMARTS) is 1. The molecule has 1 unspecified atom stereocenters. The van der Waals surface area contributed by atoms with Crippen LogP contribution in [0.25, 0.3) is 0 Å². The summed E-state index contributed by atoms with van der Waals surface area (Å²) in [6.45, 7) is 4.77. The second-order valence-corrected chi connectivity index (χ2v) is 10.1. The Morgan fingerprint density at radius 2 is 1.96 bits per heavy atom. The highest BCUT2D eigenvalue weighted by Crippen LogP contribution is 2.65. The first-order valence-electron chi connectivity index (χ1n) is 11.4. The summed E-state index contributed by atoms with van der Waals surface area (Å²) in [5.41, 5.74) is 1.82. The molecule has 3 fully saturated rings. The van der Waals surface area contributed by atoms with E-state index in [1.54, 1.807) is 0 Å². The zero-order valence-corrected chi connectivity index (χ0v) is 17.1. The molecular weight excluding hydrogens is 336 g/mol. The summed E-state index contributed by atoms with van der Waals surface area (Å²) >= 11 is 0. The molecule has 0 saturated heterocycles. The first-order valence-corrected chi connectivity index (χ1v) is 11.4. The van der Waals surface area contributed by atoms with E-state index in [0.717, 1.165) is 61.7 Å². The summed E-state index contributed by atoms with van der Waals surface area (Å²) < 4.78 is 0. The standard InChI is InChI=1S/C24H36O3/c1-3-24(11-4-5-22(26)27)12-10-19-18-9-7-17(25)14-16(18)6-8-20(19)23(24)21-13-15(21)2/h14-15,18-21,23H,3-13H2,1-2H3,(H,26,27)/t15-,18-,19+,20+,21+,23+,24?/m0/s1. The van der Waals surface area contributed by atoms with Gasteiger partial charge in [-0.05, 0) is 98.4 Å². The number of carbonyl (C=O) groups is 2. The number of allylic oxidation sites excluding steroid dienone is 2. The summed E-state index contributed by atoms with van der Waals surface area (Å²) in [6.07, 6.45) is 13.6. The van der Waals surface area contributed by atoms with Crippen molar-refractivity contribution in [1.82, 2.24) is 0 Å². The van der Waals surface area contributed by atoms with E-state index in [1.165, 1.54) is 37.7 Å². The van der Waals surface area contributed by atoms with Gasteiger partial charge in [0.15, 0.2) is 5.78 Å². The van der Waals surface area contributed by atoms with Gasteiger partial charge in [-0.15, -0.1) is 0 Å². The lowest BCUT2D eigenvalue weighted by atomic mass is 9.48. The van der Waals surface area contributed by atoms with Crippen LogP contribution in [-0.4, -0.2) is 16.9 Å².